The van der Waals surface area contributed by atoms with Crippen molar-refractivity contribution in [2.24, 2.45) is 29.1 Å². The van der Waals surface area contributed by atoms with Crippen molar-refractivity contribution in [1.82, 2.24) is 0 Å². The van der Waals surface area contributed by atoms with Crippen LogP contribution in [0.3, 0.4) is 0 Å². The average Bonchev–Trinajstić information content (AvgIpc) is 3.03. The molecule has 4 aliphatic carbocycles. The van der Waals surface area contributed by atoms with E-state index in [1.165, 1.54) is 49.7 Å². The van der Waals surface area contributed by atoms with E-state index in [0.717, 1.165) is 37.2 Å². The molecule has 0 spiro atoms. The maximum Gasteiger partial charge on any atom is 0.155 e. The Morgan fingerprint density at radius 3 is 2.70 bits per heavy atom. The predicted molar refractivity (Wildman–Crippen MR) is 107 cm³/mol. The van der Waals surface area contributed by atoms with Gasteiger partial charge in [-0.3, -0.25) is 4.79 Å². The van der Waals surface area contributed by atoms with Crippen molar-refractivity contribution in [3.63, 3.8) is 0 Å². The highest BCUT2D eigenvalue weighted by Crippen LogP contribution is 2.62. The van der Waals surface area contributed by atoms with Gasteiger partial charge >= 0.3 is 0 Å². The van der Waals surface area contributed by atoms with Gasteiger partial charge in [0.1, 0.15) is 0 Å². The van der Waals surface area contributed by atoms with E-state index in [4.69, 9.17) is 4.74 Å². The molecule has 0 aromatic heterocycles. The van der Waals surface area contributed by atoms with Crippen LogP contribution in [-0.2, 0) is 16.1 Å². The summed E-state index contributed by atoms with van der Waals surface area (Å²) >= 11 is 0. The van der Waals surface area contributed by atoms with Gasteiger partial charge in [-0.1, -0.05) is 42.8 Å². The highest BCUT2D eigenvalue weighted by molar-refractivity contribution is 5.91. The van der Waals surface area contributed by atoms with Crippen LogP contribution in [0.2, 0.25) is 0 Å². The number of carbonyl (C=O) groups is 1. The molecule has 5 rings (SSSR count). The van der Waals surface area contributed by atoms with Crippen molar-refractivity contribution in [3.05, 3.63) is 47.5 Å². The minimum Gasteiger partial charge on any atom is -0.373 e. The number of fused-ring (bicyclic) bond motifs is 5. The summed E-state index contributed by atoms with van der Waals surface area (Å²) in [6.07, 6.45) is 12.0. The van der Waals surface area contributed by atoms with E-state index < -0.39 is 0 Å². The molecule has 144 valence electrons. The number of hydrogen-bond acceptors (Lipinski definition) is 2. The summed E-state index contributed by atoms with van der Waals surface area (Å²) < 4.78 is 6.51. The Hall–Kier alpha value is -1.41. The second-order valence-electron chi connectivity index (χ2n) is 9.71. The standard InChI is InChI=1S/C25H32O2/c1-25-14-13-21-20-10-8-19(26)15-18(20)7-9-22(21)23(25)11-12-24(25)27-16-17-5-3-2-4-6-17/h2-6,15,20-24H,7-14,16H2,1H3/t20-,21-,22+,23+,24+,25+/m1/s1. The first kappa shape index (κ1) is 17.7. The molecule has 0 saturated heterocycles. The Morgan fingerprint density at radius 2 is 1.85 bits per heavy atom. The first-order chi connectivity index (χ1) is 13.1. The lowest BCUT2D eigenvalue weighted by Crippen LogP contribution is -2.48. The van der Waals surface area contributed by atoms with Gasteiger partial charge in [-0.25, -0.2) is 0 Å². The van der Waals surface area contributed by atoms with Crippen LogP contribution in [0.5, 0.6) is 0 Å². The minimum atomic E-state index is 0.349. The summed E-state index contributed by atoms with van der Waals surface area (Å²) in [7, 11) is 0. The predicted octanol–water partition coefficient (Wildman–Crippen LogP) is 5.71. The maximum absolute atomic E-state index is 11.9. The molecule has 4 aliphatic rings. The van der Waals surface area contributed by atoms with E-state index >= 15 is 0 Å². The quantitative estimate of drug-likeness (QED) is 0.686. The summed E-state index contributed by atoms with van der Waals surface area (Å²) in [5.41, 5.74) is 3.13. The van der Waals surface area contributed by atoms with E-state index in [0.29, 0.717) is 23.2 Å². The van der Waals surface area contributed by atoms with Gasteiger partial charge in [-0.15, -0.1) is 0 Å². The van der Waals surface area contributed by atoms with Gasteiger partial charge in [0.05, 0.1) is 12.7 Å². The van der Waals surface area contributed by atoms with Gasteiger partial charge < -0.3 is 4.74 Å². The van der Waals surface area contributed by atoms with E-state index in [9.17, 15) is 4.79 Å². The maximum atomic E-state index is 11.9. The first-order valence-corrected chi connectivity index (χ1v) is 11.0. The zero-order valence-electron chi connectivity index (χ0n) is 16.5. The van der Waals surface area contributed by atoms with Crippen LogP contribution in [0.4, 0.5) is 0 Å². The van der Waals surface area contributed by atoms with Gasteiger partial charge in [0.15, 0.2) is 5.78 Å². The van der Waals surface area contributed by atoms with E-state index in [2.05, 4.69) is 37.3 Å². The topological polar surface area (TPSA) is 26.3 Å². The Balaban J connectivity index is 1.31. The minimum absolute atomic E-state index is 0.349. The number of rotatable bonds is 3. The summed E-state index contributed by atoms with van der Waals surface area (Å²) in [6.45, 7) is 3.27. The molecule has 6 atom stereocenters. The van der Waals surface area contributed by atoms with Crippen LogP contribution < -0.4 is 0 Å². The number of carbonyl (C=O) groups excluding carboxylic acids is 1. The SMILES string of the molecule is C[C@]12CC[C@H]3[C@H](CCC4=CC(=O)CC[C@H]43)[C@@H]1CC[C@@H]2OCc1ccccc1. The second-order valence-corrected chi connectivity index (χ2v) is 9.71. The van der Waals surface area contributed by atoms with E-state index in [1.54, 1.807) is 0 Å². The molecule has 0 heterocycles. The number of allylic oxidation sites excluding steroid dienone is 1. The first-order valence-electron chi connectivity index (χ1n) is 11.0. The molecule has 0 unspecified atom stereocenters. The molecule has 1 aromatic rings. The summed E-state index contributed by atoms with van der Waals surface area (Å²) in [5, 5.41) is 0. The highest BCUT2D eigenvalue weighted by Gasteiger charge is 2.56. The normalized spacial score (nSPS) is 40.7. The molecule has 0 N–H and O–H groups in total. The third kappa shape index (κ3) is 3.01. The van der Waals surface area contributed by atoms with Crippen LogP contribution >= 0.6 is 0 Å². The van der Waals surface area contributed by atoms with E-state index in [-0.39, 0.29) is 0 Å². The lowest BCUT2D eigenvalue weighted by atomic mass is 9.52. The Kier molecular flexibility index (Phi) is 4.50. The summed E-state index contributed by atoms with van der Waals surface area (Å²) in [4.78, 5) is 11.9. The Labute approximate surface area is 163 Å². The smallest absolute Gasteiger partial charge is 0.155 e. The van der Waals surface area contributed by atoms with Crippen molar-refractivity contribution < 1.29 is 9.53 Å². The molecule has 27 heavy (non-hydrogen) atoms. The molecule has 2 nitrogen and oxygen atoms in total. The fraction of sp³-hybridized carbons (Fsp3) is 0.640. The van der Waals surface area contributed by atoms with Crippen molar-refractivity contribution in [3.8, 4) is 0 Å². The van der Waals surface area contributed by atoms with Gasteiger partial charge in [-0.05, 0) is 85.7 Å². The van der Waals surface area contributed by atoms with Gasteiger partial charge in [-0.2, -0.15) is 0 Å². The molecule has 0 radical (unpaired) electrons. The summed E-state index contributed by atoms with van der Waals surface area (Å²) in [5.74, 6) is 3.57. The largest absolute Gasteiger partial charge is 0.373 e. The Morgan fingerprint density at radius 1 is 1.00 bits per heavy atom. The second kappa shape index (κ2) is 6.88. The van der Waals surface area contributed by atoms with Crippen LogP contribution in [-0.4, -0.2) is 11.9 Å². The molecule has 1 aromatic carbocycles. The average molecular weight is 365 g/mol. The number of benzene rings is 1. The fourth-order valence-electron chi connectivity index (χ4n) is 7.18. The van der Waals surface area contributed by atoms with Crippen LogP contribution in [0.25, 0.3) is 0 Å². The molecule has 3 saturated carbocycles. The Bertz CT molecular complexity index is 736. The molecule has 0 bridgehead atoms. The van der Waals surface area contributed by atoms with Crippen LogP contribution in [0.1, 0.15) is 63.9 Å². The van der Waals surface area contributed by atoms with E-state index in [1.807, 2.05) is 6.08 Å². The molecule has 0 amide bonds. The zero-order chi connectivity index (χ0) is 18.4. The molecule has 2 heteroatoms. The summed E-state index contributed by atoms with van der Waals surface area (Å²) in [6, 6.07) is 10.6. The lowest BCUT2D eigenvalue weighted by Gasteiger charge is -2.53. The monoisotopic (exact) mass is 364 g/mol. The van der Waals surface area contributed by atoms with Crippen molar-refractivity contribution in [2.45, 2.75) is 71.0 Å². The van der Waals surface area contributed by atoms with Crippen molar-refractivity contribution in [2.75, 3.05) is 0 Å². The molecule has 3 fully saturated rings. The van der Waals surface area contributed by atoms with Crippen molar-refractivity contribution >= 4 is 5.78 Å². The highest BCUT2D eigenvalue weighted by atomic mass is 16.5. The molecule has 0 aliphatic heterocycles. The number of ketones is 1. The third-order valence-electron chi connectivity index (χ3n) is 8.51. The van der Waals surface area contributed by atoms with Gasteiger partial charge in [0.2, 0.25) is 0 Å². The van der Waals surface area contributed by atoms with Gasteiger partial charge in [0, 0.05) is 6.42 Å². The fourth-order valence-corrected chi connectivity index (χ4v) is 7.18. The number of ether oxygens (including phenoxy) is 1. The lowest BCUT2D eigenvalue weighted by molar-refractivity contribution is -0.116. The third-order valence-corrected chi connectivity index (χ3v) is 8.51. The molecular formula is C25H32O2. The van der Waals surface area contributed by atoms with Crippen molar-refractivity contribution in [1.29, 1.82) is 0 Å². The van der Waals surface area contributed by atoms with Crippen LogP contribution in [0.15, 0.2) is 42.0 Å². The number of hydrogen-bond donors (Lipinski definition) is 0. The van der Waals surface area contributed by atoms with Crippen LogP contribution in [0, 0.1) is 29.1 Å². The van der Waals surface area contributed by atoms with Gasteiger partial charge in [0.25, 0.3) is 0 Å². The molecular weight excluding hydrogens is 332 g/mol. The zero-order valence-corrected chi connectivity index (χ0v) is 16.5.